The van der Waals surface area contributed by atoms with Gasteiger partial charge in [-0.3, -0.25) is 4.79 Å². The highest BCUT2D eigenvalue weighted by molar-refractivity contribution is 6.04. The summed E-state index contributed by atoms with van der Waals surface area (Å²) in [4.78, 5) is 12.0. The minimum atomic E-state index is -3.84. The number of aliphatic hydroxyl groups excluding tert-OH is 1. The summed E-state index contributed by atoms with van der Waals surface area (Å²) < 4.78 is 28.1. The van der Waals surface area contributed by atoms with Crippen molar-refractivity contribution in [3.8, 4) is 0 Å². The van der Waals surface area contributed by atoms with Gasteiger partial charge in [-0.15, -0.1) is 0 Å². The average molecular weight is 304 g/mol. The van der Waals surface area contributed by atoms with Gasteiger partial charge in [-0.1, -0.05) is 61.9 Å². The molecule has 0 radical (unpaired) electrons. The zero-order valence-electron chi connectivity index (χ0n) is 12.3. The highest BCUT2D eigenvalue weighted by Gasteiger charge is 2.45. The van der Waals surface area contributed by atoms with Crippen LogP contribution in [0.25, 0.3) is 10.8 Å². The van der Waals surface area contributed by atoms with Crippen molar-refractivity contribution >= 4 is 16.6 Å². The number of Topliss-reactive ketones (excluding diaryl/α,β-unsaturated/α-hetero) is 1. The van der Waals surface area contributed by atoms with Crippen LogP contribution in [0, 0.1) is 0 Å². The largest absolute Gasteiger partial charge is 0.382 e. The molecule has 22 heavy (non-hydrogen) atoms. The summed E-state index contributed by atoms with van der Waals surface area (Å²) in [5.41, 5.74) is -0.105. The maximum atomic E-state index is 14.1. The third-order valence-electron chi connectivity index (χ3n) is 3.46. The Bertz CT molecular complexity index is 692. The van der Waals surface area contributed by atoms with E-state index in [0.29, 0.717) is 11.8 Å². The van der Waals surface area contributed by atoms with Crippen LogP contribution in [0.4, 0.5) is 8.78 Å². The summed E-state index contributed by atoms with van der Waals surface area (Å²) in [5.74, 6) is -5.21. The second-order valence-corrected chi connectivity index (χ2v) is 5.18. The molecular weight excluding hydrogens is 286 g/mol. The Kier molecular flexibility index (Phi) is 5.03. The number of aliphatic hydroxyl groups is 1. The lowest BCUT2D eigenvalue weighted by atomic mass is 9.98. The highest BCUT2D eigenvalue weighted by Crippen LogP contribution is 2.27. The number of hydrogen-bond acceptors (Lipinski definition) is 2. The van der Waals surface area contributed by atoms with Gasteiger partial charge in [0.1, 0.15) is 6.10 Å². The van der Waals surface area contributed by atoms with Crippen LogP contribution in [-0.4, -0.2) is 22.9 Å². The first kappa shape index (κ1) is 16.3. The molecule has 0 aliphatic rings. The molecule has 0 aliphatic heterocycles. The van der Waals surface area contributed by atoms with Gasteiger partial charge >= 0.3 is 5.92 Å². The number of fused-ring (bicyclic) bond motifs is 1. The van der Waals surface area contributed by atoms with Crippen LogP contribution in [-0.2, 0) is 0 Å². The summed E-state index contributed by atoms with van der Waals surface area (Å²) in [7, 11) is 0. The lowest BCUT2D eigenvalue weighted by molar-refractivity contribution is -0.0570. The number of ketones is 1. The molecule has 0 fully saturated rings. The third kappa shape index (κ3) is 3.39. The van der Waals surface area contributed by atoms with E-state index in [4.69, 9.17) is 0 Å². The third-order valence-corrected chi connectivity index (χ3v) is 3.46. The zero-order chi connectivity index (χ0) is 16.2. The fourth-order valence-electron chi connectivity index (χ4n) is 2.17. The number of halogens is 2. The van der Waals surface area contributed by atoms with Crippen molar-refractivity contribution in [2.75, 3.05) is 0 Å². The van der Waals surface area contributed by atoms with Crippen LogP contribution in [0.2, 0.25) is 0 Å². The predicted molar refractivity (Wildman–Crippen MR) is 83.3 cm³/mol. The van der Waals surface area contributed by atoms with Gasteiger partial charge in [-0.05, 0) is 23.3 Å². The second-order valence-electron chi connectivity index (χ2n) is 5.18. The van der Waals surface area contributed by atoms with Gasteiger partial charge < -0.3 is 5.11 Å². The zero-order valence-corrected chi connectivity index (χ0v) is 12.3. The lowest BCUT2D eigenvalue weighted by Gasteiger charge is -2.19. The van der Waals surface area contributed by atoms with Crippen molar-refractivity contribution in [2.24, 2.45) is 0 Å². The second kappa shape index (κ2) is 6.79. The SMILES string of the molecule is CCCC=CC(O)C(F)(F)C(=O)c1ccc2ccccc2c1. The van der Waals surface area contributed by atoms with Crippen LogP contribution in [0.5, 0.6) is 0 Å². The van der Waals surface area contributed by atoms with Crippen molar-refractivity contribution < 1.29 is 18.7 Å². The van der Waals surface area contributed by atoms with E-state index in [2.05, 4.69) is 0 Å². The quantitative estimate of drug-likeness (QED) is 0.635. The molecule has 1 N–H and O–H groups in total. The van der Waals surface area contributed by atoms with Crippen molar-refractivity contribution in [3.63, 3.8) is 0 Å². The van der Waals surface area contributed by atoms with Crippen molar-refractivity contribution in [2.45, 2.75) is 31.8 Å². The number of hydrogen-bond donors (Lipinski definition) is 1. The summed E-state index contributed by atoms with van der Waals surface area (Å²) >= 11 is 0. The monoisotopic (exact) mass is 304 g/mol. The molecule has 0 spiro atoms. The van der Waals surface area contributed by atoms with Crippen LogP contribution in [0.1, 0.15) is 30.1 Å². The molecule has 0 heterocycles. The molecule has 2 aromatic rings. The number of benzene rings is 2. The highest BCUT2D eigenvalue weighted by atomic mass is 19.3. The predicted octanol–water partition coefficient (Wildman–Crippen LogP) is 4.38. The first-order valence-electron chi connectivity index (χ1n) is 7.23. The van der Waals surface area contributed by atoms with Gasteiger partial charge in [-0.25, -0.2) is 0 Å². The van der Waals surface area contributed by atoms with E-state index in [-0.39, 0.29) is 5.56 Å². The molecule has 0 amide bonds. The Hall–Kier alpha value is -2.07. The number of carbonyl (C=O) groups is 1. The molecule has 0 saturated carbocycles. The maximum absolute atomic E-state index is 14.1. The number of allylic oxidation sites excluding steroid dienone is 1. The van der Waals surface area contributed by atoms with E-state index in [1.165, 1.54) is 18.2 Å². The Morgan fingerprint density at radius 2 is 1.91 bits per heavy atom. The van der Waals surface area contributed by atoms with Crippen molar-refractivity contribution in [1.82, 2.24) is 0 Å². The lowest BCUT2D eigenvalue weighted by Crippen LogP contribution is -2.40. The van der Waals surface area contributed by atoms with E-state index in [0.717, 1.165) is 17.9 Å². The minimum absolute atomic E-state index is 0.105. The standard InChI is InChI=1S/C18H18F2O2/c1-2-3-4-9-16(21)18(19,20)17(22)15-11-10-13-7-5-6-8-14(13)12-15/h4-12,16,21H,2-3H2,1H3. The van der Waals surface area contributed by atoms with Crippen LogP contribution in [0.3, 0.4) is 0 Å². The fraction of sp³-hybridized carbons (Fsp3) is 0.278. The van der Waals surface area contributed by atoms with Gasteiger partial charge in [0.2, 0.25) is 5.78 Å². The van der Waals surface area contributed by atoms with Gasteiger partial charge in [0.25, 0.3) is 0 Å². The molecule has 116 valence electrons. The molecule has 0 saturated heterocycles. The average Bonchev–Trinajstić information content (AvgIpc) is 2.53. The molecule has 1 unspecified atom stereocenters. The molecule has 4 heteroatoms. The van der Waals surface area contributed by atoms with Crippen molar-refractivity contribution in [3.05, 3.63) is 60.2 Å². The molecule has 0 aromatic heterocycles. The molecule has 0 bridgehead atoms. The number of alkyl halides is 2. The maximum Gasteiger partial charge on any atom is 0.338 e. The summed E-state index contributed by atoms with van der Waals surface area (Å²) in [6.07, 6.45) is 1.71. The Labute approximate surface area is 128 Å². The van der Waals surface area contributed by atoms with E-state index < -0.39 is 17.8 Å². The first-order valence-corrected chi connectivity index (χ1v) is 7.23. The Morgan fingerprint density at radius 1 is 1.23 bits per heavy atom. The Morgan fingerprint density at radius 3 is 2.59 bits per heavy atom. The van der Waals surface area contributed by atoms with Gasteiger partial charge in [0.15, 0.2) is 0 Å². The van der Waals surface area contributed by atoms with Crippen molar-refractivity contribution in [1.29, 1.82) is 0 Å². The molecule has 2 aromatic carbocycles. The molecule has 2 rings (SSSR count). The molecule has 0 aliphatic carbocycles. The fourth-order valence-corrected chi connectivity index (χ4v) is 2.17. The van der Waals surface area contributed by atoms with Crippen LogP contribution < -0.4 is 0 Å². The van der Waals surface area contributed by atoms with E-state index in [1.54, 1.807) is 18.2 Å². The molecule has 1 atom stereocenters. The van der Waals surface area contributed by atoms with E-state index >= 15 is 0 Å². The van der Waals surface area contributed by atoms with Crippen LogP contribution in [0.15, 0.2) is 54.6 Å². The van der Waals surface area contributed by atoms with Gasteiger partial charge in [0, 0.05) is 5.56 Å². The van der Waals surface area contributed by atoms with Gasteiger partial charge in [0.05, 0.1) is 0 Å². The summed E-state index contributed by atoms with van der Waals surface area (Å²) in [6, 6.07) is 11.6. The summed E-state index contributed by atoms with van der Waals surface area (Å²) in [6.45, 7) is 1.90. The van der Waals surface area contributed by atoms with E-state index in [9.17, 15) is 18.7 Å². The number of rotatable bonds is 6. The molecule has 2 nitrogen and oxygen atoms in total. The minimum Gasteiger partial charge on any atom is -0.382 e. The Balaban J connectivity index is 2.27. The number of unbranched alkanes of at least 4 members (excludes halogenated alkanes) is 1. The van der Waals surface area contributed by atoms with Crippen LogP contribution >= 0.6 is 0 Å². The normalized spacial score (nSPS) is 13.6. The number of carbonyl (C=O) groups excluding carboxylic acids is 1. The van der Waals surface area contributed by atoms with Gasteiger partial charge in [-0.2, -0.15) is 8.78 Å². The summed E-state index contributed by atoms with van der Waals surface area (Å²) in [5, 5.41) is 11.2. The smallest absolute Gasteiger partial charge is 0.338 e. The topological polar surface area (TPSA) is 37.3 Å². The van der Waals surface area contributed by atoms with E-state index in [1.807, 2.05) is 19.1 Å². The molecular formula is C18H18F2O2. The first-order chi connectivity index (χ1) is 10.5.